The number of alkyl carbamates (subject to hydrolysis) is 1. The van der Waals surface area contributed by atoms with Crippen LogP contribution in [0.4, 0.5) is 13.6 Å². The van der Waals surface area contributed by atoms with Gasteiger partial charge in [0.05, 0.1) is 0 Å². The van der Waals surface area contributed by atoms with Gasteiger partial charge in [-0.3, -0.25) is 19.7 Å². The van der Waals surface area contributed by atoms with Gasteiger partial charge < -0.3 is 15.0 Å². The molecule has 2 aromatic carbocycles. The van der Waals surface area contributed by atoms with Gasteiger partial charge in [-0.1, -0.05) is 42.5 Å². The molecule has 1 aliphatic carbocycles. The minimum atomic E-state index is -2.78. The van der Waals surface area contributed by atoms with Crippen molar-refractivity contribution in [1.82, 2.24) is 15.5 Å². The van der Waals surface area contributed by atoms with Crippen molar-refractivity contribution in [2.75, 3.05) is 6.61 Å². The van der Waals surface area contributed by atoms with E-state index in [9.17, 15) is 28.0 Å². The average molecular weight is 497 g/mol. The van der Waals surface area contributed by atoms with E-state index in [2.05, 4.69) is 10.6 Å². The number of nitrogens with one attached hydrogen (secondary N) is 2. The zero-order valence-corrected chi connectivity index (χ0v) is 19.4. The monoisotopic (exact) mass is 497 g/mol. The molecule has 2 aliphatic heterocycles. The van der Waals surface area contributed by atoms with Gasteiger partial charge >= 0.3 is 6.09 Å². The van der Waals surface area contributed by atoms with Gasteiger partial charge in [-0.05, 0) is 29.2 Å². The standard InChI is InChI=1S/C26H25F2N3O5/c27-26(28)13-25(14-26,18-4-2-1-3-5-18)15-36-24(35)29-11-16-6-7-17-12-31(23(34)19(17)10-16)20-8-9-21(32)30-22(20)33/h1-7,10,20H,8-9,11-15H2,(H,29,35)(H,30,32,33). The molecule has 1 saturated heterocycles. The molecule has 1 atom stereocenters. The van der Waals surface area contributed by atoms with E-state index in [0.29, 0.717) is 16.7 Å². The van der Waals surface area contributed by atoms with Gasteiger partial charge in [0.15, 0.2) is 0 Å². The Morgan fingerprint density at radius 1 is 1.11 bits per heavy atom. The largest absolute Gasteiger partial charge is 0.449 e. The summed E-state index contributed by atoms with van der Waals surface area (Å²) in [5.74, 6) is -3.91. The van der Waals surface area contributed by atoms with Gasteiger partial charge in [0, 0.05) is 43.3 Å². The lowest BCUT2D eigenvalue weighted by atomic mass is 9.62. The molecule has 3 aliphatic rings. The van der Waals surface area contributed by atoms with Crippen LogP contribution in [0, 0.1) is 0 Å². The van der Waals surface area contributed by atoms with Gasteiger partial charge in [-0.2, -0.15) is 0 Å². The normalized spacial score (nSPS) is 21.9. The third-order valence-corrected chi connectivity index (χ3v) is 7.09. The second kappa shape index (κ2) is 9.00. The van der Waals surface area contributed by atoms with Gasteiger partial charge in [-0.25, -0.2) is 13.6 Å². The SMILES string of the molecule is O=C1CCC(N2Cc3ccc(CNC(=O)OCC4(c5ccccc5)CC(F)(F)C4)cc3C2=O)C(=O)N1. The highest BCUT2D eigenvalue weighted by molar-refractivity contribution is 6.05. The summed E-state index contributed by atoms with van der Waals surface area (Å²) in [5, 5.41) is 4.88. The predicted molar refractivity (Wildman–Crippen MR) is 123 cm³/mol. The summed E-state index contributed by atoms with van der Waals surface area (Å²) in [6.07, 6.45) is -1.04. The fourth-order valence-electron chi connectivity index (χ4n) is 5.26. The molecule has 5 rings (SSSR count). The van der Waals surface area contributed by atoms with E-state index in [-0.39, 0.29) is 57.2 Å². The van der Waals surface area contributed by atoms with Crippen molar-refractivity contribution >= 4 is 23.8 Å². The maximum absolute atomic E-state index is 13.7. The molecule has 188 valence electrons. The summed E-state index contributed by atoms with van der Waals surface area (Å²) in [4.78, 5) is 50.3. The second-order valence-corrected chi connectivity index (χ2v) is 9.68. The number of rotatable bonds is 6. The van der Waals surface area contributed by atoms with Crippen molar-refractivity contribution in [2.45, 2.75) is 56.2 Å². The van der Waals surface area contributed by atoms with Crippen LogP contribution in [0.3, 0.4) is 0 Å². The van der Waals surface area contributed by atoms with Crippen LogP contribution in [0.2, 0.25) is 0 Å². The van der Waals surface area contributed by atoms with Crippen LogP contribution in [0.15, 0.2) is 48.5 Å². The first-order valence-corrected chi connectivity index (χ1v) is 11.8. The fraction of sp³-hybridized carbons (Fsp3) is 0.385. The first-order valence-electron chi connectivity index (χ1n) is 11.8. The van der Waals surface area contributed by atoms with Crippen molar-refractivity contribution in [1.29, 1.82) is 0 Å². The molecular formula is C26H25F2N3O5. The summed E-state index contributed by atoms with van der Waals surface area (Å²) in [7, 11) is 0. The van der Waals surface area contributed by atoms with E-state index in [1.165, 1.54) is 4.90 Å². The van der Waals surface area contributed by atoms with Crippen molar-refractivity contribution < 1.29 is 32.7 Å². The lowest BCUT2D eigenvalue weighted by Gasteiger charge is -2.47. The Balaban J connectivity index is 1.18. The number of piperidine rings is 1. The summed E-state index contributed by atoms with van der Waals surface area (Å²) in [6, 6.07) is 13.3. The molecule has 8 nitrogen and oxygen atoms in total. The highest BCUT2D eigenvalue weighted by Gasteiger charge is 2.58. The molecule has 2 aromatic rings. The van der Waals surface area contributed by atoms with Crippen molar-refractivity contribution in [3.8, 4) is 0 Å². The Labute approximate surface area is 206 Å². The number of carbonyl (C=O) groups is 4. The molecule has 2 fully saturated rings. The first-order chi connectivity index (χ1) is 17.2. The zero-order valence-electron chi connectivity index (χ0n) is 19.4. The molecule has 2 N–H and O–H groups in total. The molecule has 2 heterocycles. The van der Waals surface area contributed by atoms with Crippen LogP contribution in [0.5, 0.6) is 0 Å². The Morgan fingerprint density at radius 2 is 1.86 bits per heavy atom. The number of benzene rings is 2. The fourth-order valence-corrected chi connectivity index (χ4v) is 5.26. The molecule has 0 spiro atoms. The van der Waals surface area contributed by atoms with Crippen LogP contribution in [0.25, 0.3) is 0 Å². The number of ether oxygens (including phenoxy) is 1. The van der Waals surface area contributed by atoms with E-state index >= 15 is 0 Å². The maximum Gasteiger partial charge on any atom is 0.407 e. The Kier molecular flexibility index (Phi) is 5.97. The average Bonchev–Trinajstić information content (AvgIpc) is 3.16. The van der Waals surface area contributed by atoms with Crippen LogP contribution in [-0.4, -0.2) is 47.3 Å². The van der Waals surface area contributed by atoms with Crippen LogP contribution < -0.4 is 10.6 Å². The zero-order chi connectivity index (χ0) is 25.5. The molecule has 36 heavy (non-hydrogen) atoms. The van der Waals surface area contributed by atoms with E-state index in [1.54, 1.807) is 48.5 Å². The number of halogens is 2. The van der Waals surface area contributed by atoms with Crippen LogP contribution in [0.1, 0.15) is 52.7 Å². The maximum atomic E-state index is 13.7. The molecule has 4 amide bonds. The summed E-state index contributed by atoms with van der Waals surface area (Å²) >= 11 is 0. The summed E-state index contributed by atoms with van der Waals surface area (Å²) in [5.41, 5.74) is 1.64. The third-order valence-electron chi connectivity index (χ3n) is 7.09. The number of hydrogen-bond acceptors (Lipinski definition) is 5. The van der Waals surface area contributed by atoms with Crippen molar-refractivity contribution in [2.24, 2.45) is 0 Å². The minimum absolute atomic E-state index is 0.0757. The number of hydrogen-bond donors (Lipinski definition) is 2. The first kappa shape index (κ1) is 23.9. The number of amides is 4. The molecule has 10 heteroatoms. The van der Waals surface area contributed by atoms with E-state index < -0.39 is 29.4 Å². The molecule has 0 aromatic heterocycles. The molecule has 0 radical (unpaired) electrons. The van der Waals surface area contributed by atoms with Gasteiger partial charge in [0.1, 0.15) is 12.6 Å². The predicted octanol–water partition coefficient (Wildman–Crippen LogP) is 3.04. The quantitative estimate of drug-likeness (QED) is 0.597. The molecular weight excluding hydrogens is 472 g/mol. The third kappa shape index (κ3) is 4.55. The smallest absolute Gasteiger partial charge is 0.407 e. The van der Waals surface area contributed by atoms with E-state index in [4.69, 9.17) is 4.74 Å². The van der Waals surface area contributed by atoms with E-state index in [1.807, 2.05) is 0 Å². The lowest BCUT2D eigenvalue weighted by molar-refractivity contribution is -0.140. The van der Waals surface area contributed by atoms with Gasteiger partial charge in [0.25, 0.3) is 5.91 Å². The number of alkyl halides is 2. The Hall–Kier alpha value is -3.82. The lowest BCUT2D eigenvalue weighted by Crippen LogP contribution is -2.52. The summed E-state index contributed by atoms with van der Waals surface area (Å²) < 4.78 is 32.7. The van der Waals surface area contributed by atoms with Gasteiger partial charge in [0.2, 0.25) is 17.7 Å². The Bertz CT molecular complexity index is 1230. The van der Waals surface area contributed by atoms with Crippen molar-refractivity contribution in [3.05, 3.63) is 70.8 Å². The van der Waals surface area contributed by atoms with Crippen LogP contribution >= 0.6 is 0 Å². The topological polar surface area (TPSA) is 105 Å². The Morgan fingerprint density at radius 3 is 2.56 bits per heavy atom. The number of fused-ring (bicyclic) bond motifs is 1. The molecule has 0 bridgehead atoms. The summed E-state index contributed by atoms with van der Waals surface area (Å²) in [6.45, 7) is 0.177. The molecule has 1 unspecified atom stereocenters. The van der Waals surface area contributed by atoms with Gasteiger partial charge in [-0.15, -0.1) is 0 Å². The van der Waals surface area contributed by atoms with Crippen LogP contribution in [-0.2, 0) is 32.8 Å². The van der Waals surface area contributed by atoms with E-state index in [0.717, 1.165) is 5.56 Å². The number of carbonyl (C=O) groups excluding carboxylic acids is 4. The second-order valence-electron chi connectivity index (χ2n) is 9.68. The highest BCUT2D eigenvalue weighted by atomic mass is 19.3. The van der Waals surface area contributed by atoms with Crippen molar-refractivity contribution in [3.63, 3.8) is 0 Å². The number of nitrogens with zero attached hydrogens (tertiary/aromatic N) is 1. The molecule has 1 saturated carbocycles. The highest BCUT2D eigenvalue weighted by Crippen LogP contribution is 2.53. The minimum Gasteiger partial charge on any atom is -0.449 e. The number of imide groups is 1.